The SMILES string of the molecule is CCN(Cc1cccs1)C(=O)c1ccc(C)cc1. The Morgan fingerprint density at radius 2 is 1.94 bits per heavy atom. The van der Waals surface area contributed by atoms with Crippen LogP contribution in [0.4, 0.5) is 0 Å². The van der Waals surface area contributed by atoms with Crippen LogP contribution in [0, 0.1) is 6.92 Å². The van der Waals surface area contributed by atoms with Crippen LogP contribution in [0.15, 0.2) is 41.8 Å². The van der Waals surface area contributed by atoms with Gasteiger partial charge in [0.15, 0.2) is 0 Å². The highest BCUT2D eigenvalue weighted by molar-refractivity contribution is 7.09. The Morgan fingerprint density at radius 1 is 1.22 bits per heavy atom. The van der Waals surface area contributed by atoms with E-state index in [4.69, 9.17) is 0 Å². The Bertz CT molecular complexity index is 502. The lowest BCUT2D eigenvalue weighted by Gasteiger charge is -2.20. The van der Waals surface area contributed by atoms with Gasteiger partial charge in [0.1, 0.15) is 0 Å². The van der Waals surface area contributed by atoms with Crippen LogP contribution in [0.3, 0.4) is 0 Å². The summed E-state index contributed by atoms with van der Waals surface area (Å²) in [4.78, 5) is 15.4. The summed E-state index contributed by atoms with van der Waals surface area (Å²) in [5.41, 5.74) is 1.94. The van der Waals surface area contributed by atoms with Gasteiger partial charge in [-0.2, -0.15) is 0 Å². The monoisotopic (exact) mass is 259 g/mol. The van der Waals surface area contributed by atoms with Crippen LogP contribution in [0.25, 0.3) is 0 Å². The molecule has 2 aromatic rings. The minimum Gasteiger partial charge on any atom is -0.334 e. The predicted octanol–water partition coefficient (Wildman–Crippen LogP) is 3.72. The molecule has 0 unspecified atom stereocenters. The average Bonchev–Trinajstić information content (AvgIpc) is 2.89. The first kappa shape index (κ1) is 12.8. The molecule has 0 aliphatic carbocycles. The maximum absolute atomic E-state index is 12.3. The second-order valence-electron chi connectivity index (χ2n) is 4.26. The van der Waals surface area contributed by atoms with Crippen molar-refractivity contribution in [2.45, 2.75) is 20.4 Å². The van der Waals surface area contributed by atoms with Crippen molar-refractivity contribution in [3.05, 3.63) is 57.8 Å². The Kier molecular flexibility index (Phi) is 4.15. The number of benzene rings is 1. The lowest BCUT2D eigenvalue weighted by molar-refractivity contribution is 0.0754. The fraction of sp³-hybridized carbons (Fsp3) is 0.267. The molecule has 0 aliphatic heterocycles. The summed E-state index contributed by atoms with van der Waals surface area (Å²) < 4.78 is 0. The Labute approximate surface area is 112 Å². The molecule has 0 bridgehead atoms. The van der Waals surface area contributed by atoms with Crippen molar-refractivity contribution in [1.29, 1.82) is 0 Å². The molecule has 0 N–H and O–H groups in total. The Morgan fingerprint density at radius 3 is 2.50 bits per heavy atom. The molecular formula is C15H17NOS. The van der Waals surface area contributed by atoms with Crippen molar-refractivity contribution in [1.82, 2.24) is 4.90 Å². The first-order chi connectivity index (χ1) is 8.70. The number of nitrogens with zero attached hydrogens (tertiary/aromatic N) is 1. The Balaban J connectivity index is 2.12. The van der Waals surface area contributed by atoms with Crippen molar-refractivity contribution in [3.8, 4) is 0 Å². The molecule has 0 saturated carbocycles. The molecule has 3 heteroatoms. The van der Waals surface area contributed by atoms with E-state index in [-0.39, 0.29) is 5.91 Å². The van der Waals surface area contributed by atoms with Gasteiger partial charge in [0.25, 0.3) is 5.91 Å². The molecule has 1 aromatic heterocycles. The number of carbonyl (C=O) groups excluding carboxylic acids is 1. The van der Waals surface area contributed by atoms with Crippen LogP contribution >= 0.6 is 11.3 Å². The van der Waals surface area contributed by atoms with E-state index in [1.807, 2.05) is 54.5 Å². The number of carbonyl (C=O) groups is 1. The molecule has 1 amide bonds. The molecule has 1 heterocycles. The van der Waals surface area contributed by atoms with Gasteiger partial charge >= 0.3 is 0 Å². The van der Waals surface area contributed by atoms with Crippen LogP contribution < -0.4 is 0 Å². The number of rotatable bonds is 4. The number of hydrogen-bond acceptors (Lipinski definition) is 2. The Hall–Kier alpha value is -1.61. The summed E-state index contributed by atoms with van der Waals surface area (Å²) in [5, 5.41) is 2.04. The molecule has 1 aromatic carbocycles. The summed E-state index contributed by atoms with van der Waals surface area (Å²) >= 11 is 1.69. The van der Waals surface area contributed by atoms with Crippen molar-refractivity contribution in [2.24, 2.45) is 0 Å². The summed E-state index contributed by atoms with van der Waals surface area (Å²) in [6.45, 7) is 5.46. The van der Waals surface area contributed by atoms with Crippen molar-refractivity contribution in [2.75, 3.05) is 6.54 Å². The largest absolute Gasteiger partial charge is 0.334 e. The zero-order chi connectivity index (χ0) is 13.0. The highest BCUT2D eigenvalue weighted by Crippen LogP contribution is 2.14. The van der Waals surface area contributed by atoms with Gasteiger partial charge in [0, 0.05) is 17.0 Å². The number of amides is 1. The van der Waals surface area contributed by atoms with Crippen LogP contribution in [0.5, 0.6) is 0 Å². The van der Waals surface area contributed by atoms with Gasteiger partial charge in [-0.05, 0) is 37.4 Å². The van der Waals surface area contributed by atoms with Gasteiger partial charge in [0.2, 0.25) is 0 Å². The van der Waals surface area contributed by atoms with Crippen molar-refractivity contribution >= 4 is 17.2 Å². The van der Waals surface area contributed by atoms with Gasteiger partial charge in [0.05, 0.1) is 6.54 Å². The van der Waals surface area contributed by atoms with Crippen molar-refractivity contribution < 1.29 is 4.79 Å². The molecular weight excluding hydrogens is 242 g/mol. The summed E-state index contributed by atoms with van der Waals surface area (Å²) in [5.74, 6) is 0.103. The normalized spacial score (nSPS) is 10.3. The van der Waals surface area contributed by atoms with E-state index >= 15 is 0 Å². The van der Waals surface area contributed by atoms with Gasteiger partial charge in [-0.15, -0.1) is 11.3 Å². The quantitative estimate of drug-likeness (QED) is 0.819. The summed E-state index contributed by atoms with van der Waals surface area (Å²) in [6.07, 6.45) is 0. The fourth-order valence-corrected chi connectivity index (χ4v) is 2.52. The number of thiophene rings is 1. The van der Waals surface area contributed by atoms with Crippen LogP contribution in [0.2, 0.25) is 0 Å². The molecule has 2 rings (SSSR count). The molecule has 18 heavy (non-hydrogen) atoms. The van der Waals surface area contributed by atoms with Gasteiger partial charge in [-0.1, -0.05) is 23.8 Å². The smallest absolute Gasteiger partial charge is 0.254 e. The summed E-state index contributed by atoms with van der Waals surface area (Å²) in [7, 11) is 0. The second kappa shape index (κ2) is 5.83. The molecule has 0 radical (unpaired) electrons. The van der Waals surface area contributed by atoms with E-state index in [2.05, 4.69) is 6.07 Å². The maximum atomic E-state index is 12.3. The standard InChI is InChI=1S/C15H17NOS/c1-3-16(11-14-5-4-10-18-14)15(17)13-8-6-12(2)7-9-13/h4-10H,3,11H2,1-2H3. The third kappa shape index (κ3) is 2.99. The van der Waals surface area contributed by atoms with Gasteiger partial charge < -0.3 is 4.90 Å². The number of hydrogen-bond donors (Lipinski definition) is 0. The molecule has 94 valence electrons. The maximum Gasteiger partial charge on any atom is 0.254 e. The van der Waals surface area contributed by atoms with E-state index in [9.17, 15) is 4.79 Å². The zero-order valence-corrected chi connectivity index (χ0v) is 11.5. The van der Waals surface area contributed by atoms with Crippen molar-refractivity contribution in [3.63, 3.8) is 0 Å². The zero-order valence-electron chi connectivity index (χ0n) is 10.7. The third-order valence-electron chi connectivity index (χ3n) is 2.89. The van der Waals surface area contributed by atoms with E-state index in [1.54, 1.807) is 11.3 Å². The van der Waals surface area contributed by atoms with E-state index in [0.717, 1.165) is 12.1 Å². The van der Waals surface area contributed by atoms with E-state index in [0.29, 0.717) is 6.54 Å². The van der Waals surface area contributed by atoms with Crippen LogP contribution in [0.1, 0.15) is 27.7 Å². The van der Waals surface area contributed by atoms with E-state index in [1.165, 1.54) is 10.4 Å². The second-order valence-corrected chi connectivity index (χ2v) is 5.30. The summed E-state index contributed by atoms with van der Waals surface area (Å²) in [6, 6.07) is 11.8. The molecule has 0 saturated heterocycles. The third-order valence-corrected chi connectivity index (χ3v) is 3.76. The molecule has 0 aliphatic rings. The van der Waals surface area contributed by atoms with Crippen LogP contribution in [-0.4, -0.2) is 17.4 Å². The van der Waals surface area contributed by atoms with Crippen LogP contribution in [-0.2, 0) is 6.54 Å². The topological polar surface area (TPSA) is 20.3 Å². The predicted molar refractivity (Wildman–Crippen MR) is 75.9 cm³/mol. The highest BCUT2D eigenvalue weighted by atomic mass is 32.1. The lowest BCUT2D eigenvalue weighted by atomic mass is 10.1. The molecule has 0 atom stereocenters. The molecule has 0 spiro atoms. The number of aryl methyl sites for hydroxylation is 1. The highest BCUT2D eigenvalue weighted by Gasteiger charge is 2.14. The van der Waals surface area contributed by atoms with Gasteiger partial charge in [-0.25, -0.2) is 0 Å². The first-order valence-electron chi connectivity index (χ1n) is 6.09. The van der Waals surface area contributed by atoms with Gasteiger partial charge in [-0.3, -0.25) is 4.79 Å². The first-order valence-corrected chi connectivity index (χ1v) is 6.97. The fourth-order valence-electron chi connectivity index (χ4n) is 1.80. The van der Waals surface area contributed by atoms with E-state index < -0.39 is 0 Å². The minimum atomic E-state index is 0.103. The molecule has 0 fully saturated rings. The lowest BCUT2D eigenvalue weighted by Crippen LogP contribution is -2.29. The minimum absolute atomic E-state index is 0.103. The average molecular weight is 259 g/mol. The molecule has 2 nitrogen and oxygen atoms in total.